The Hall–Kier alpha value is -3.01. The Morgan fingerprint density at radius 2 is 1.41 bits per heavy atom. The van der Waals surface area contributed by atoms with Gasteiger partial charge in [0.15, 0.2) is 0 Å². The van der Waals surface area contributed by atoms with Crippen molar-refractivity contribution in [1.29, 1.82) is 0 Å². The highest BCUT2D eigenvalue weighted by Crippen LogP contribution is 2.19. The van der Waals surface area contributed by atoms with Crippen molar-refractivity contribution >= 4 is 5.97 Å². The van der Waals surface area contributed by atoms with Crippen molar-refractivity contribution in [3.63, 3.8) is 0 Å². The highest BCUT2D eigenvalue weighted by atomic mass is 16.5. The zero-order chi connectivity index (χ0) is 22.6. The van der Waals surface area contributed by atoms with E-state index in [2.05, 4.69) is 35.9 Å². The largest absolute Gasteiger partial charge is 0.402 e. The average molecular weight is 431 g/mol. The molecule has 0 radical (unpaired) electrons. The van der Waals surface area contributed by atoms with E-state index in [1.807, 2.05) is 36.4 Å². The van der Waals surface area contributed by atoms with E-state index in [0.29, 0.717) is 5.56 Å². The van der Waals surface area contributed by atoms with Crippen molar-refractivity contribution in [2.75, 3.05) is 0 Å². The topological polar surface area (TPSA) is 52.1 Å². The fraction of sp³-hybridized carbons (Fsp3) is 0.393. The summed E-state index contributed by atoms with van der Waals surface area (Å²) in [6.07, 6.45) is 14.3. The van der Waals surface area contributed by atoms with E-state index in [-0.39, 0.29) is 5.88 Å². The second-order valence-corrected chi connectivity index (χ2v) is 8.25. The van der Waals surface area contributed by atoms with Gasteiger partial charge in [-0.25, -0.2) is 14.8 Å². The first kappa shape index (κ1) is 23.6. The molecule has 0 spiro atoms. The van der Waals surface area contributed by atoms with Crippen molar-refractivity contribution < 1.29 is 9.53 Å². The summed E-state index contributed by atoms with van der Waals surface area (Å²) in [5, 5.41) is 0. The minimum Gasteiger partial charge on any atom is -0.402 e. The highest BCUT2D eigenvalue weighted by Gasteiger charge is 2.10. The van der Waals surface area contributed by atoms with E-state index in [0.717, 1.165) is 24.1 Å². The third kappa shape index (κ3) is 7.30. The van der Waals surface area contributed by atoms with Gasteiger partial charge in [0, 0.05) is 5.56 Å². The Morgan fingerprint density at radius 3 is 2.03 bits per heavy atom. The molecule has 0 unspecified atom stereocenters. The molecule has 168 valence electrons. The lowest BCUT2D eigenvalue weighted by atomic mass is 10.0. The third-order valence-corrected chi connectivity index (χ3v) is 5.74. The van der Waals surface area contributed by atoms with Crippen LogP contribution in [0.15, 0.2) is 60.9 Å². The maximum Gasteiger partial charge on any atom is 0.344 e. The zero-order valence-corrected chi connectivity index (χ0v) is 19.3. The minimum atomic E-state index is -0.415. The number of esters is 1. The maximum atomic E-state index is 12.4. The summed E-state index contributed by atoms with van der Waals surface area (Å²) in [4.78, 5) is 21.1. The number of nitrogens with zero attached hydrogens (tertiary/aromatic N) is 2. The lowest BCUT2D eigenvalue weighted by molar-refractivity contribution is 0.0727. The zero-order valence-electron chi connectivity index (χ0n) is 19.3. The van der Waals surface area contributed by atoms with E-state index in [1.165, 1.54) is 62.3 Å². The normalized spacial score (nSPS) is 10.8. The van der Waals surface area contributed by atoms with Crippen LogP contribution in [-0.4, -0.2) is 15.9 Å². The van der Waals surface area contributed by atoms with Gasteiger partial charge in [-0.1, -0.05) is 88.8 Å². The van der Waals surface area contributed by atoms with Crippen LogP contribution >= 0.6 is 0 Å². The van der Waals surface area contributed by atoms with Crippen molar-refractivity contribution in [2.45, 2.75) is 71.6 Å². The summed E-state index contributed by atoms with van der Waals surface area (Å²) in [6, 6.07) is 15.9. The Bertz CT molecular complexity index is 948. The van der Waals surface area contributed by atoms with Gasteiger partial charge in [0.2, 0.25) is 5.88 Å². The van der Waals surface area contributed by atoms with Crippen molar-refractivity contribution in [1.82, 2.24) is 9.97 Å². The van der Waals surface area contributed by atoms with Gasteiger partial charge in [-0.05, 0) is 42.5 Å². The van der Waals surface area contributed by atoms with Crippen molar-refractivity contribution in [3.05, 3.63) is 77.6 Å². The number of benzene rings is 2. The first-order valence-corrected chi connectivity index (χ1v) is 11.9. The monoisotopic (exact) mass is 430 g/mol. The standard InChI is InChI=1S/C28H34N2O2/c1-3-5-6-7-8-9-10-11-23-14-18-25(19-15-23)28(31)32-27-21-29-26(20-30-27)24-16-12-22(4-2)13-17-24/h12-21H,3-11H2,1-2H3. The van der Waals surface area contributed by atoms with E-state index in [9.17, 15) is 4.79 Å². The smallest absolute Gasteiger partial charge is 0.344 e. The molecule has 3 rings (SSSR count). The maximum absolute atomic E-state index is 12.4. The minimum absolute atomic E-state index is 0.205. The van der Waals surface area contributed by atoms with E-state index in [4.69, 9.17) is 4.74 Å². The second-order valence-electron chi connectivity index (χ2n) is 8.25. The van der Waals surface area contributed by atoms with Crippen molar-refractivity contribution in [3.8, 4) is 17.1 Å². The molecule has 0 atom stereocenters. The number of rotatable bonds is 12. The summed E-state index contributed by atoms with van der Waals surface area (Å²) < 4.78 is 5.40. The van der Waals surface area contributed by atoms with Crippen LogP contribution in [0, 0.1) is 0 Å². The highest BCUT2D eigenvalue weighted by molar-refractivity contribution is 5.90. The molecule has 0 saturated carbocycles. The quantitative estimate of drug-likeness (QED) is 0.225. The number of hydrogen-bond acceptors (Lipinski definition) is 4. The number of carbonyl (C=O) groups is 1. The van der Waals surface area contributed by atoms with Crippen LogP contribution in [0.5, 0.6) is 5.88 Å². The fourth-order valence-electron chi connectivity index (χ4n) is 3.68. The molecule has 32 heavy (non-hydrogen) atoms. The number of aryl methyl sites for hydroxylation is 2. The van der Waals surface area contributed by atoms with E-state index >= 15 is 0 Å². The SMILES string of the molecule is CCCCCCCCCc1ccc(C(=O)Oc2cnc(-c3ccc(CC)cc3)cn2)cc1. The van der Waals surface area contributed by atoms with Crippen molar-refractivity contribution in [2.24, 2.45) is 0 Å². The van der Waals surface area contributed by atoms with Crippen LogP contribution in [0.3, 0.4) is 0 Å². The molecule has 3 aromatic rings. The molecule has 0 N–H and O–H groups in total. The van der Waals surface area contributed by atoms with Crippen LogP contribution in [0.2, 0.25) is 0 Å². The summed E-state index contributed by atoms with van der Waals surface area (Å²) in [7, 11) is 0. The van der Waals surface area contributed by atoms with Gasteiger partial charge < -0.3 is 4.74 Å². The number of ether oxygens (including phenoxy) is 1. The molecule has 0 aliphatic carbocycles. The van der Waals surface area contributed by atoms with Crippen LogP contribution < -0.4 is 4.74 Å². The molecule has 1 heterocycles. The van der Waals surface area contributed by atoms with E-state index < -0.39 is 5.97 Å². The van der Waals surface area contributed by atoms with Gasteiger partial charge in [0.25, 0.3) is 0 Å². The van der Waals surface area contributed by atoms with Gasteiger partial charge in [0.05, 0.1) is 23.7 Å². The molecule has 0 saturated heterocycles. The number of hydrogen-bond donors (Lipinski definition) is 0. The molecular weight excluding hydrogens is 396 g/mol. The number of aromatic nitrogens is 2. The summed E-state index contributed by atoms with van der Waals surface area (Å²) in [5.74, 6) is -0.210. The van der Waals surface area contributed by atoms with Gasteiger partial charge in [-0.3, -0.25) is 0 Å². The molecule has 4 nitrogen and oxygen atoms in total. The Kier molecular flexibility index (Phi) is 9.42. The van der Waals surface area contributed by atoms with Gasteiger partial charge in [0.1, 0.15) is 0 Å². The third-order valence-electron chi connectivity index (χ3n) is 5.74. The lowest BCUT2D eigenvalue weighted by Gasteiger charge is -2.06. The molecule has 1 aromatic heterocycles. The van der Waals surface area contributed by atoms with Gasteiger partial charge in [-0.2, -0.15) is 0 Å². The van der Waals surface area contributed by atoms with Crippen LogP contribution in [0.4, 0.5) is 0 Å². The number of carbonyl (C=O) groups excluding carboxylic acids is 1. The average Bonchev–Trinajstić information content (AvgIpc) is 2.84. The van der Waals surface area contributed by atoms with Gasteiger partial charge >= 0.3 is 5.97 Å². The lowest BCUT2D eigenvalue weighted by Crippen LogP contribution is -2.09. The first-order chi connectivity index (χ1) is 15.7. The first-order valence-electron chi connectivity index (χ1n) is 11.9. The summed E-state index contributed by atoms with van der Waals surface area (Å²) in [6.45, 7) is 4.37. The Morgan fingerprint density at radius 1 is 0.750 bits per heavy atom. The van der Waals surface area contributed by atoms with Gasteiger partial charge in [-0.15, -0.1) is 0 Å². The fourth-order valence-corrected chi connectivity index (χ4v) is 3.68. The molecule has 0 aliphatic rings. The Balaban J connectivity index is 1.46. The molecule has 0 bridgehead atoms. The van der Waals surface area contributed by atoms with Crippen LogP contribution in [-0.2, 0) is 12.8 Å². The summed E-state index contributed by atoms with van der Waals surface area (Å²) >= 11 is 0. The molecule has 2 aromatic carbocycles. The number of unbranched alkanes of at least 4 members (excludes halogenated alkanes) is 6. The predicted molar refractivity (Wildman–Crippen MR) is 130 cm³/mol. The molecular formula is C28H34N2O2. The van der Waals surface area contributed by atoms with Crippen LogP contribution in [0.25, 0.3) is 11.3 Å². The molecule has 4 heteroatoms. The van der Waals surface area contributed by atoms with Crippen LogP contribution in [0.1, 0.15) is 80.3 Å². The molecule has 0 fully saturated rings. The molecule has 0 aliphatic heterocycles. The van der Waals surface area contributed by atoms with E-state index in [1.54, 1.807) is 6.20 Å². The summed E-state index contributed by atoms with van der Waals surface area (Å²) in [5.41, 5.74) is 4.80. The Labute approximate surface area is 192 Å². The molecule has 0 amide bonds. The second kappa shape index (κ2) is 12.7. The predicted octanol–water partition coefficient (Wildman–Crippen LogP) is 7.22.